The van der Waals surface area contributed by atoms with Crippen LogP contribution in [0.25, 0.3) is 0 Å². The third kappa shape index (κ3) is 4.08. The molecule has 116 valence electrons. The van der Waals surface area contributed by atoms with Gasteiger partial charge in [-0.25, -0.2) is 0 Å². The van der Waals surface area contributed by atoms with Gasteiger partial charge in [0.25, 0.3) is 0 Å². The molecular formula is C19H29NO. The van der Waals surface area contributed by atoms with Gasteiger partial charge in [0, 0.05) is 13.1 Å². The molecule has 0 saturated heterocycles. The van der Waals surface area contributed by atoms with Gasteiger partial charge in [0.2, 0.25) is 0 Å². The zero-order valence-corrected chi connectivity index (χ0v) is 13.5. The van der Waals surface area contributed by atoms with Crippen molar-refractivity contribution in [2.24, 2.45) is 5.41 Å². The highest BCUT2D eigenvalue weighted by Gasteiger charge is 2.36. The molecule has 1 aromatic carbocycles. The molecule has 0 unspecified atom stereocenters. The Bertz CT molecular complexity index is 480. The van der Waals surface area contributed by atoms with Gasteiger partial charge in [-0.1, -0.05) is 38.1 Å². The quantitative estimate of drug-likeness (QED) is 0.858. The van der Waals surface area contributed by atoms with Crippen molar-refractivity contribution in [3.8, 4) is 0 Å². The molecule has 3 rings (SSSR count). The second kappa shape index (κ2) is 5.73. The summed E-state index contributed by atoms with van der Waals surface area (Å²) in [7, 11) is 0. The van der Waals surface area contributed by atoms with Crippen LogP contribution in [0, 0.1) is 5.41 Å². The van der Waals surface area contributed by atoms with E-state index in [1.165, 1.54) is 24.0 Å². The second-order valence-electron chi connectivity index (χ2n) is 8.01. The molecular weight excluding hydrogens is 258 g/mol. The van der Waals surface area contributed by atoms with E-state index in [2.05, 4.69) is 43.4 Å². The van der Waals surface area contributed by atoms with Gasteiger partial charge >= 0.3 is 0 Å². The van der Waals surface area contributed by atoms with Gasteiger partial charge in [-0.05, 0) is 61.0 Å². The van der Waals surface area contributed by atoms with E-state index in [4.69, 9.17) is 0 Å². The van der Waals surface area contributed by atoms with Crippen molar-refractivity contribution in [2.75, 3.05) is 6.54 Å². The Morgan fingerprint density at radius 2 is 1.86 bits per heavy atom. The van der Waals surface area contributed by atoms with E-state index in [1.807, 2.05) is 0 Å². The Morgan fingerprint density at radius 3 is 2.52 bits per heavy atom. The van der Waals surface area contributed by atoms with Crippen molar-refractivity contribution in [1.82, 2.24) is 5.32 Å². The fourth-order valence-corrected chi connectivity index (χ4v) is 3.38. The molecule has 0 bridgehead atoms. The van der Waals surface area contributed by atoms with Crippen molar-refractivity contribution in [1.29, 1.82) is 0 Å². The molecule has 2 aliphatic carbocycles. The van der Waals surface area contributed by atoms with Crippen molar-refractivity contribution < 1.29 is 5.11 Å². The Morgan fingerprint density at radius 1 is 1.14 bits per heavy atom. The molecule has 2 N–H and O–H groups in total. The average molecular weight is 287 g/mol. The van der Waals surface area contributed by atoms with E-state index in [1.54, 1.807) is 0 Å². The molecule has 2 fully saturated rings. The minimum atomic E-state index is -0.496. The zero-order valence-electron chi connectivity index (χ0n) is 13.5. The Labute approximate surface area is 129 Å². The number of aliphatic hydroxyl groups is 1. The first kappa shape index (κ1) is 15.1. The summed E-state index contributed by atoms with van der Waals surface area (Å²) in [5.74, 6) is 0.815. The molecule has 0 aliphatic heterocycles. The van der Waals surface area contributed by atoms with Gasteiger partial charge in [-0.15, -0.1) is 0 Å². The van der Waals surface area contributed by atoms with Crippen molar-refractivity contribution >= 4 is 0 Å². The van der Waals surface area contributed by atoms with Crippen LogP contribution in [0.3, 0.4) is 0 Å². The maximum Gasteiger partial charge on any atom is 0.0772 e. The molecule has 2 heteroatoms. The summed E-state index contributed by atoms with van der Waals surface area (Å²) in [5, 5.41) is 14.1. The lowest BCUT2D eigenvalue weighted by atomic mass is 9.71. The normalized spacial score (nSPS) is 24.0. The third-order valence-electron chi connectivity index (χ3n) is 5.32. The lowest BCUT2D eigenvalue weighted by molar-refractivity contribution is -0.0245. The lowest BCUT2D eigenvalue weighted by Gasteiger charge is -2.40. The fraction of sp³-hybridized carbons (Fsp3) is 0.684. The highest BCUT2D eigenvalue weighted by atomic mass is 16.3. The van der Waals surface area contributed by atoms with Gasteiger partial charge < -0.3 is 10.4 Å². The number of nitrogens with one attached hydrogen (secondary N) is 1. The van der Waals surface area contributed by atoms with Crippen LogP contribution >= 0.6 is 0 Å². The van der Waals surface area contributed by atoms with Gasteiger partial charge in [0.1, 0.15) is 0 Å². The molecule has 0 heterocycles. The maximum atomic E-state index is 10.7. The van der Waals surface area contributed by atoms with E-state index in [-0.39, 0.29) is 0 Å². The molecule has 2 aliphatic rings. The Kier molecular flexibility index (Phi) is 4.11. The van der Waals surface area contributed by atoms with Crippen molar-refractivity contribution in [3.63, 3.8) is 0 Å². The largest absolute Gasteiger partial charge is 0.389 e. The Balaban J connectivity index is 1.48. The van der Waals surface area contributed by atoms with E-state index in [0.717, 1.165) is 44.7 Å². The first-order valence-corrected chi connectivity index (χ1v) is 8.48. The molecule has 0 radical (unpaired) electrons. The first-order chi connectivity index (χ1) is 9.96. The summed E-state index contributed by atoms with van der Waals surface area (Å²) >= 11 is 0. The first-order valence-electron chi connectivity index (χ1n) is 8.48. The van der Waals surface area contributed by atoms with E-state index in [0.29, 0.717) is 5.41 Å². The van der Waals surface area contributed by atoms with Crippen molar-refractivity contribution in [3.05, 3.63) is 35.4 Å². The molecule has 0 aromatic heterocycles. The van der Waals surface area contributed by atoms with Crippen LogP contribution in [-0.2, 0) is 6.54 Å². The summed E-state index contributed by atoms with van der Waals surface area (Å²) in [6.07, 6.45) is 6.81. The summed E-state index contributed by atoms with van der Waals surface area (Å²) in [5.41, 5.74) is 2.75. The number of benzene rings is 1. The Hall–Kier alpha value is -0.860. The molecule has 0 spiro atoms. The van der Waals surface area contributed by atoms with Crippen molar-refractivity contribution in [2.45, 2.75) is 70.4 Å². The van der Waals surface area contributed by atoms with Gasteiger partial charge in [-0.2, -0.15) is 0 Å². The van der Waals surface area contributed by atoms with Gasteiger partial charge in [0.05, 0.1) is 5.60 Å². The van der Waals surface area contributed by atoms with E-state index in [9.17, 15) is 5.11 Å². The van der Waals surface area contributed by atoms with Crippen LogP contribution < -0.4 is 5.32 Å². The van der Waals surface area contributed by atoms with Crippen LogP contribution in [0.5, 0.6) is 0 Å². The zero-order chi connectivity index (χ0) is 14.9. The highest BCUT2D eigenvalue weighted by molar-refractivity contribution is 5.29. The molecule has 1 aromatic rings. The van der Waals surface area contributed by atoms with Crippen LogP contribution in [0.4, 0.5) is 0 Å². The minimum absolute atomic E-state index is 0.408. The van der Waals surface area contributed by atoms with Crippen LogP contribution in [0.2, 0.25) is 0 Å². The second-order valence-corrected chi connectivity index (χ2v) is 8.01. The standard InChI is InChI=1S/C19H29NO/c1-18(2)8-10-19(21,11-9-18)14-20-13-15-4-3-5-17(12-15)16-6-7-16/h3-5,12,16,20-21H,6-11,13-14H2,1-2H3. The SMILES string of the molecule is CC1(C)CCC(O)(CNCc2cccc(C3CC3)c2)CC1. The number of hydrogen-bond acceptors (Lipinski definition) is 2. The minimum Gasteiger partial charge on any atom is -0.389 e. The smallest absolute Gasteiger partial charge is 0.0772 e. The fourth-order valence-electron chi connectivity index (χ4n) is 3.38. The van der Waals surface area contributed by atoms with Crippen LogP contribution in [0.1, 0.15) is 69.4 Å². The average Bonchev–Trinajstić information content (AvgIpc) is 3.28. The monoisotopic (exact) mass is 287 g/mol. The molecule has 0 atom stereocenters. The molecule has 2 nitrogen and oxygen atoms in total. The summed E-state index contributed by atoms with van der Waals surface area (Å²) in [6.45, 7) is 6.20. The summed E-state index contributed by atoms with van der Waals surface area (Å²) in [4.78, 5) is 0. The third-order valence-corrected chi connectivity index (χ3v) is 5.32. The van der Waals surface area contributed by atoms with E-state index < -0.39 is 5.60 Å². The van der Waals surface area contributed by atoms with E-state index >= 15 is 0 Å². The highest BCUT2D eigenvalue weighted by Crippen LogP contribution is 2.41. The molecule has 21 heavy (non-hydrogen) atoms. The summed E-state index contributed by atoms with van der Waals surface area (Å²) < 4.78 is 0. The maximum absolute atomic E-state index is 10.7. The molecule has 2 saturated carbocycles. The topological polar surface area (TPSA) is 32.3 Å². The lowest BCUT2D eigenvalue weighted by Crippen LogP contribution is -2.44. The summed E-state index contributed by atoms with van der Waals surface area (Å²) in [6, 6.07) is 8.94. The number of rotatable bonds is 5. The van der Waals surface area contributed by atoms with Gasteiger partial charge in [-0.3, -0.25) is 0 Å². The van der Waals surface area contributed by atoms with Gasteiger partial charge in [0.15, 0.2) is 0 Å². The predicted octanol–water partition coefficient (Wildman–Crippen LogP) is 3.98. The van der Waals surface area contributed by atoms with Crippen LogP contribution in [0.15, 0.2) is 24.3 Å². The number of hydrogen-bond donors (Lipinski definition) is 2. The molecule has 0 amide bonds. The predicted molar refractivity (Wildman–Crippen MR) is 87.3 cm³/mol. The van der Waals surface area contributed by atoms with Crippen LogP contribution in [-0.4, -0.2) is 17.3 Å².